The van der Waals surface area contributed by atoms with Crippen LogP contribution in [-0.2, 0) is 0 Å². The first-order valence-electron chi connectivity index (χ1n) is 6.97. The molecule has 20 heavy (non-hydrogen) atoms. The third kappa shape index (κ3) is 4.65. The van der Waals surface area contributed by atoms with Gasteiger partial charge in [-0.05, 0) is 37.8 Å². The molecular formula is C15H22N2OS2. The summed E-state index contributed by atoms with van der Waals surface area (Å²) >= 11 is 7.02. The van der Waals surface area contributed by atoms with Crippen LogP contribution in [0.5, 0.6) is 5.75 Å². The summed E-state index contributed by atoms with van der Waals surface area (Å²) in [6.07, 6.45) is 2.35. The van der Waals surface area contributed by atoms with Crippen molar-refractivity contribution >= 4 is 29.0 Å². The molecule has 0 bridgehead atoms. The summed E-state index contributed by atoms with van der Waals surface area (Å²) in [4.78, 5) is 2.86. The predicted molar refractivity (Wildman–Crippen MR) is 90.8 cm³/mol. The Hall–Kier alpha value is -0.780. The lowest BCUT2D eigenvalue weighted by molar-refractivity contribution is 0.227. The number of nitrogens with two attached hydrogens (primary N) is 1. The van der Waals surface area contributed by atoms with Crippen LogP contribution in [0.2, 0.25) is 0 Å². The zero-order valence-corrected chi connectivity index (χ0v) is 13.5. The van der Waals surface area contributed by atoms with Gasteiger partial charge in [0.2, 0.25) is 0 Å². The van der Waals surface area contributed by atoms with Gasteiger partial charge in [-0.3, -0.25) is 0 Å². The molecule has 0 aliphatic carbocycles. The highest BCUT2D eigenvalue weighted by molar-refractivity contribution is 7.99. The lowest BCUT2D eigenvalue weighted by Crippen LogP contribution is -2.32. The SMILES string of the molecule is CN(CCCOc1cccc(C(N)=S)c1)C1CCSC1. The van der Waals surface area contributed by atoms with Crippen molar-refractivity contribution in [1.82, 2.24) is 4.90 Å². The van der Waals surface area contributed by atoms with E-state index in [0.717, 1.165) is 36.9 Å². The van der Waals surface area contributed by atoms with E-state index in [1.165, 1.54) is 17.9 Å². The molecule has 1 saturated heterocycles. The minimum atomic E-state index is 0.411. The molecule has 3 nitrogen and oxygen atoms in total. The van der Waals surface area contributed by atoms with Crippen molar-refractivity contribution in [3.63, 3.8) is 0 Å². The van der Waals surface area contributed by atoms with Crippen LogP contribution in [0.15, 0.2) is 24.3 Å². The number of hydrogen-bond acceptors (Lipinski definition) is 4. The Labute approximate surface area is 130 Å². The van der Waals surface area contributed by atoms with E-state index in [9.17, 15) is 0 Å². The van der Waals surface area contributed by atoms with E-state index in [0.29, 0.717) is 4.99 Å². The Balaban J connectivity index is 1.70. The van der Waals surface area contributed by atoms with Crippen LogP contribution in [0, 0.1) is 0 Å². The van der Waals surface area contributed by atoms with Crippen molar-refractivity contribution in [3.8, 4) is 5.75 Å². The number of benzene rings is 1. The predicted octanol–water partition coefficient (Wildman–Crippen LogP) is 2.53. The topological polar surface area (TPSA) is 38.5 Å². The highest BCUT2D eigenvalue weighted by Gasteiger charge is 2.19. The minimum absolute atomic E-state index is 0.411. The largest absolute Gasteiger partial charge is 0.494 e. The Morgan fingerprint density at radius 1 is 1.55 bits per heavy atom. The van der Waals surface area contributed by atoms with Gasteiger partial charge in [-0.1, -0.05) is 24.4 Å². The Kier molecular flexibility index (Phi) is 6.13. The number of thioether (sulfide) groups is 1. The van der Waals surface area contributed by atoms with Gasteiger partial charge in [0.25, 0.3) is 0 Å². The molecule has 0 radical (unpaired) electrons. The fourth-order valence-electron chi connectivity index (χ4n) is 2.30. The molecular weight excluding hydrogens is 288 g/mol. The molecule has 2 N–H and O–H groups in total. The van der Waals surface area contributed by atoms with E-state index in [1.807, 2.05) is 24.3 Å². The van der Waals surface area contributed by atoms with Gasteiger partial charge in [0.05, 0.1) is 6.61 Å². The minimum Gasteiger partial charge on any atom is -0.494 e. The van der Waals surface area contributed by atoms with Gasteiger partial charge < -0.3 is 15.4 Å². The molecule has 110 valence electrons. The Morgan fingerprint density at radius 3 is 3.10 bits per heavy atom. The first-order valence-corrected chi connectivity index (χ1v) is 8.54. The zero-order valence-electron chi connectivity index (χ0n) is 11.9. The van der Waals surface area contributed by atoms with Gasteiger partial charge in [0.1, 0.15) is 10.7 Å². The summed E-state index contributed by atoms with van der Waals surface area (Å²) in [5.41, 5.74) is 6.47. The van der Waals surface area contributed by atoms with Crippen molar-refractivity contribution in [2.45, 2.75) is 18.9 Å². The average molecular weight is 310 g/mol. The molecule has 1 heterocycles. The molecule has 0 amide bonds. The maximum atomic E-state index is 5.76. The smallest absolute Gasteiger partial charge is 0.119 e. The first kappa shape index (κ1) is 15.6. The summed E-state index contributed by atoms with van der Waals surface area (Å²) in [6.45, 7) is 1.81. The van der Waals surface area contributed by atoms with Crippen molar-refractivity contribution in [3.05, 3.63) is 29.8 Å². The third-order valence-corrected chi connectivity index (χ3v) is 4.95. The number of ether oxygens (including phenoxy) is 1. The Bertz CT molecular complexity index is 447. The van der Waals surface area contributed by atoms with Gasteiger partial charge in [-0.2, -0.15) is 11.8 Å². The second-order valence-corrected chi connectivity index (χ2v) is 6.68. The van der Waals surface area contributed by atoms with E-state index in [-0.39, 0.29) is 0 Å². The summed E-state index contributed by atoms with van der Waals surface area (Å²) in [6, 6.07) is 8.42. The highest BCUT2D eigenvalue weighted by Crippen LogP contribution is 2.21. The van der Waals surface area contributed by atoms with Gasteiger partial charge in [-0.15, -0.1) is 0 Å². The number of nitrogens with zero attached hydrogens (tertiary/aromatic N) is 1. The second kappa shape index (κ2) is 7.86. The number of rotatable bonds is 7. The summed E-state index contributed by atoms with van der Waals surface area (Å²) in [5, 5.41) is 0. The van der Waals surface area contributed by atoms with E-state index in [4.69, 9.17) is 22.7 Å². The van der Waals surface area contributed by atoms with Crippen molar-refractivity contribution in [2.75, 3.05) is 31.7 Å². The van der Waals surface area contributed by atoms with Crippen LogP contribution >= 0.6 is 24.0 Å². The van der Waals surface area contributed by atoms with E-state index >= 15 is 0 Å². The lowest BCUT2D eigenvalue weighted by Gasteiger charge is -2.23. The fourth-order valence-corrected chi connectivity index (χ4v) is 3.72. The van der Waals surface area contributed by atoms with E-state index in [2.05, 4.69) is 23.7 Å². The van der Waals surface area contributed by atoms with Gasteiger partial charge >= 0.3 is 0 Å². The lowest BCUT2D eigenvalue weighted by atomic mass is 10.2. The third-order valence-electron chi connectivity index (χ3n) is 3.57. The molecule has 1 atom stereocenters. The maximum absolute atomic E-state index is 5.76. The molecule has 0 saturated carbocycles. The van der Waals surface area contributed by atoms with Crippen molar-refractivity contribution in [2.24, 2.45) is 5.73 Å². The van der Waals surface area contributed by atoms with E-state index in [1.54, 1.807) is 0 Å². The summed E-state index contributed by atoms with van der Waals surface area (Å²) in [7, 11) is 2.21. The maximum Gasteiger partial charge on any atom is 0.119 e. The zero-order chi connectivity index (χ0) is 14.4. The quantitative estimate of drug-likeness (QED) is 0.619. The van der Waals surface area contributed by atoms with Crippen LogP contribution < -0.4 is 10.5 Å². The van der Waals surface area contributed by atoms with Crippen LogP contribution in [-0.4, -0.2) is 47.6 Å². The summed E-state index contributed by atoms with van der Waals surface area (Å²) < 4.78 is 5.76. The fraction of sp³-hybridized carbons (Fsp3) is 0.533. The molecule has 2 rings (SSSR count). The molecule has 1 fully saturated rings. The molecule has 1 aromatic carbocycles. The monoisotopic (exact) mass is 310 g/mol. The molecule has 1 aromatic rings. The van der Waals surface area contributed by atoms with E-state index < -0.39 is 0 Å². The number of hydrogen-bond donors (Lipinski definition) is 1. The summed E-state index contributed by atoms with van der Waals surface area (Å²) in [5.74, 6) is 3.42. The number of thiocarbonyl (C=S) groups is 1. The molecule has 1 aliphatic rings. The molecule has 0 spiro atoms. The molecule has 0 aromatic heterocycles. The Morgan fingerprint density at radius 2 is 2.40 bits per heavy atom. The first-order chi connectivity index (χ1) is 9.66. The standard InChI is InChI=1S/C15H22N2OS2/c1-17(13-6-9-20-11-13)7-3-8-18-14-5-2-4-12(10-14)15(16)19/h2,4-5,10,13H,3,6-9,11H2,1H3,(H2,16,19). The van der Waals surface area contributed by atoms with Gasteiger partial charge in [0, 0.05) is 23.9 Å². The molecule has 1 aliphatic heterocycles. The van der Waals surface area contributed by atoms with Gasteiger partial charge in [0.15, 0.2) is 0 Å². The highest BCUT2D eigenvalue weighted by atomic mass is 32.2. The van der Waals surface area contributed by atoms with Crippen LogP contribution in [0.25, 0.3) is 0 Å². The van der Waals surface area contributed by atoms with Crippen LogP contribution in [0.4, 0.5) is 0 Å². The van der Waals surface area contributed by atoms with Gasteiger partial charge in [-0.25, -0.2) is 0 Å². The molecule has 1 unspecified atom stereocenters. The average Bonchev–Trinajstić information content (AvgIpc) is 2.98. The van der Waals surface area contributed by atoms with Crippen molar-refractivity contribution in [1.29, 1.82) is 0 Å². The molecule has 5 heteroatoms. The van der Waals surface area contributed by atoms with Crippen molar-refractivity contribution < 1.29 is 4.74 Å². The normalized spacial score (nSPS) is 18.4. The van der Waals surface area contributed by atoms with Crippen LogP contribution in [0.1, 0.15) is 18.4 Å². The second-order valence-electron chi connectivity index (χ2n) is 5.09. The van der Waals surface area contributed by atoms with Crippen LogP contribution in [0.3, 0.4) is 0 Å².